The van der Waals surface area contributed by atoms with Gasteiger partial charge in [-0.2, -0.15) is 0 Å². The molecule has 0 radical (unpaired) electrons. The van der Waals surface area contributed by atoms with Crippen LogP contribution in [0.3, 0.4) is 0 Å². The Labute approximate surface area is 153 Å². The first kappa shape index (κ1) is 18.0. The number of nitrogens with two attached hydrogens (primary N) is 1. The van der Waals surface area contributed by atoms with Gasteiger partial charge in [0.25, 0.3) is 0 Å². The van der Waals surface area contributed by atoms with Gasteiger partial charge in [0.05, 0.1) is 11.8 Å². The number of fused-ring (bicyclic) bond motifs is 1. The molecule has 4 N–H and O–H groups in total. The van der Waals surface area contributed by atoms with E-state index in [2.05, 4.69) is 15.0 Å². The molecule has 0 aliphatic rings. The third-order valence-corrected chi connectivity index (χ3v) is 4.62. The summed E-state index contributed by atoms with van der Waals surface area (Å²) < 4.78 is 24.9. The highest BCUT2D eigenvalue weighted by Crippen LogP contribution is 2.22. The van der Waals surface area contributed by atoms with Crippen molar-refractivity contribution in [2.45, 2.75) is 13.3 Å². The Bertz CT molecular complexity index is 1030. The lowest BCUT2D eigenvalue weighted by atomic mass is 10.1. The maximum atomic E-state index is 11.2. The van der Waals surface area contributed by atoms with Crippen LogP contribution in [-0.4, -0.2) is 26.2 Å². The highest BCUT2D eigenvalue weighted by atomic mass is 32.2. The molecular formula is C19H22N4O2S. The second-order valence-corrected chi connectivity index (χ2v) is 8.10. The van der Waals surface area contributed by atoms with Crippen LogP contribution < -0.4 is 15.8 Å². The van der Waals surface area contributed by atoms with Crippen molar-refractivity contribution in [2.75, 3.05) is 28.6 Å². The van der Waals surface area contributed by atoms with Crippen LogP contribution in [-0.2, 0) is 16.4 Å². The molecule has 0 aliphatic carbocycles. The van der Waals surface area contributed by atoms with Crippen molar-refractivity contribution in [2.24, 2.45) is 0 Å². The number of nitrogen functional groups attached to an aromatic ring is 1. The number of anilines is 3. The van der Waals surface area contributed by atoms with Crippen molar-refractivity contribution in [3.63, 3.8) is 0 Å². The second-order valence-electron chi connectivity index (χ2n) is 6.35. The zero-order valence-electron chi connectivity index (χ0n) is 14.8. The lowest BCUT2D eigenvalue weighted by Crippen LogP contribution is -2.10. The Hall–Kier alpha value is -2.80. The summed E-state index contributed by atoms with van der Waals surface area (Å²) >= 11 is 0. The van der Waals surface area contributed by atoms with E-state index < -0.39 is 10.0 Å². The molecule has 7 heteroatoms. The lowest BCUT2D eigenvalue weighted by molar-refractivity contribution is 0.607. The smallest absolute Gasteiger partial charge is 0.229 e. The molecule has 26 heavy (non-hydrogen) atoms. The van der Waals surface area contributed by atoms with Gasteiger partial charge in [-0.05, 0) is 60.9 Å². The molecule has 6 nitrogen and oxygen atoms in total. The van der Waals surface area contributed by atoms with Crippen molar-refractivity contribution < 1.29 is 8.42 Å². The number of benzene rings is 2. The minimum absolute atomic E-state index is 0.565. The van der Waals surface area contributed by atoms with Crippen molar-refractivity contribution in [3.8, 4) is 0 Å². The van der Waals surface area contributed by atoms with Crippen LogP contribution in [0.25, 0.3) is 10.9 Å². The summed E-state index contributed by atoms with van der Waals surface area (Å²) in [4.78, 5) is 4.62. The van der Waals surface area contributed by atoms with Crippen LogP contribution >= 0.6 is 0 Å². The average molecular weight is 370 g/mol. The first-order chi connectivity index (χ1) is 12.3. The van der Waals surface area contributed by atoms with Gasteiger partial charge in [0, 0.05) is 23.3 Å². The van der Waals surface area contributed by atoms with Gasteiger partial charge in [0.1, 0.15) is 5.82 Å². The molecular weight excluding hydrogens is 348 g/mol. The standard InChI is InChI=1S/C19H22N4O2S/c1-13-11-19(22-18-8-5-15(20)12-17(13)18)21-10-9-14-3-6-16(7-4-14)23-26(2,24)25/h3-8,11-12,23H,9-10,20H2,1-2H3,(H,21,22). The summed E-state index contributed by atoms with van der Waals surface area (Å²) in [6.45, 7) is 2.77. The maximum absolute atomic E-state index is 11.2. The van der Waals surface area contributed by atoms with Crippen molar-refractivity contribution in [3.05, 3.63) is 59.7 Å². The molecule has 0 saturated carbocycles. The van der Waals surface area contributed by atoms with Crippen molar-refractivity contribution in [1.29, 1.82) is 0 Å². The number of nitrogens with zero attached hydrogens (tertiary/aromatic N) is 1. The molecule has 0 unspecified atom stereocenters. The third-order valence-electron chi connectivity index (χ3n) is 4.02. The van der Waals surface area contributed by atoms with Gasteiger partial charge in [-0.1, -0.05) is 12.1 Å². The Balaban J connectivity index is 1.63. The number of nitrogens with one attached hydrogen (secondary N) is 2. The quantitative estimate of drug-likeness (QED) is 0.579. The van der Waals surface area contributed by atoms with Crippen molar-refractivity contribution in [1.82, 2.24) is 4.98 Å². The van der Waals surface area contributed by atoms with Crippen LogP contribution in [0.15, 0.2) is 48.5 Å². The summed E-state index contributed by atoms with van der Waals surface area (Å²) in [7, 11) is -3.25. The number of hydrogen-bond donors (Lipinski definition) is 3. The molecule has 3 rings (SSSR count). The minimum atomic E-state index is -3.25. The summed E-state index contributed by atoms with van der Waals surface area (Å²) in [5.74, 6) is 0.829. The molecule has 1 aromatic heterocycles. The Morgan fingerprint density at radius 1 is 1.08 bits per heavy atom. The third kappa shape index (κ3) is 4.64. The van der Waals surface area contributed by atoms with Crippen LogP contribution in [0.2, 0.25) is 0 Å². The number of aromatic nitrogens is 1. The summed E-state index contributed by atoms with van der Waals surface area (Å²) in [6.07, 6.45) is 1.94. The monoisotopic (exact) mass is 370 g/mol. The van der Waals surface area contributed by atoms with Crippen LogP contribution in [0.5, 0.6) is 0 Å². The normalized spacial score (nSPS) is 11.5. The average Bonchev–Trinajstić information content (AvgIpc) is 2.56. The van der Waals surface area contributed by atoms with Gasteiger partial charge in [-0.15, -0.1) is 0 Å². The largest absolute Gasteiger partial charge is 0.399 e. The zero-order valence-corrected chi connectivity index (χ0v) is 15.6. The highest BCUT2D eigenvalue weighted by molar-refractivity contribution is 7.92. The predicted octanol–water partition coefficient (Wildman–Crippen LogP) is 3.15. The molecule has 0 fully saturated rings. The highest BCUT2D eigenvalue weighted by Gasteiger charge is 2.04. The molecule has 0 aliphatic heterocycles. The fraction of sp³-hybridized carbons (Fsp3) is 0.211. The lowest BCUT2D eigenvalue weighted by Gasteiger charge is -2.10. The molecule has 1 heterocycles. The van der Waals surface area contributed by atoms with Gasteiger partial charge in [-0.25, -0.2) is 13.4 Å². The van der Waals surface area contributed by atoms with Crippen LogP contribution in [0.4, 0.5) is 17.2 Å². The zero-order chi connectivity index (χ0) is 18.7. The maximum Gasteiger partial charge on any atom is 0.229 e. The van der Waals surface area contributed by atoms with E-state index in [0.29, 0.717) is 5.69 Å². The second kappa shape index (κ2) is 7.21. The van der Waals surface area contributed by atoms with Gasteiger partial charge < -0.3 is 11.1 Å². The fourth-order valence-corrected chi connectivity index (χ4v) is 3.36. The van der Waals surface area contributed by atoms with E-state index in [9.17, 15) is 8.42 Å². The molecule has 0 saturated heterocycles. The number of rotatable bonds is 6. The molecule has 0 amide bonds. The van der Waals surface area contributed by atoms with Crippen LogP contribution in [0.1, 0.15) is 11.1 Å². The Morgan fingerprint density at radius 3 is 2.50 bits per heavy atom. The van der Waals surface area contributed by atoms with E-state index in [1.165, 1.54) is 0 Å². The topological polar surface area (TPSA) is 97.1 Å². The van der Waals surface area contributed by atoms with Gasteiger partial charge in [0.2, 0.25) is 10.0 Å². The molecule has 3 aromatic rings. The Morgan fingerprint density at radius 2 is 1.81 bits per heavy atom. The van der Waals surface area contributed by atoms with E-state index in [1.54, 1.807) is 12.1 Å². The molecule has 136 valence electrons. The number of pyridine rings is 1. The van der Waals surface area contributed by atoms with Gasteiger partial charge >= 0.3 is 0 Å². The van der Waals surface area contributed by atoms with E-state index in [0.717, 1.165) is 52.8 Å². The summed E-state index contributed by atoms with van der Waals surface area (Å²) in [6, 6.07) is 15.1. The van der Waals surface area contributed by atoms with E-state index in [-0.39, 0.29) is 0 Å². The molecule has 2 aromatic carbocycles. The van der Waals surface area contributed by atoms with Crippen LogP contribution in [0, 0.1) is 6.92 Å². The van der Waals surface area contributed by atoms with E-state index >= 15 is 0 Å². The number of sulfonamides is 1. The number of aryl methyl sites for hydroxylation is 1. The molecule has 0 atom stereocenters. The SMILES string of the molecule is Cc1cc(NCCc2ccc(NS(C)(=O)=O)cc2)nc2ccc(N)cc12. The predicted molar refractivity (Wildman–Crippen MR) is 108 cm³/mol. The fourth-order valence-electron chi connectivity index (χ4n) is 2.79. The Kier molecular flexibility index (Phi) is 4.99. The van der Waals surface area contributed by atoms with E-state index in [4.69, 9.17) is 5.73 Å². The summed E-state index contributed by atoms with van der Waals surface area (Å²) in [5.41, 5.74) is 10.3. The molecule has 0 spiro atoms. The molecule has 0 bridgehead atoms. The van der Waals surface area contributed by atoms with E-state index in [1.807, 2.05) is 43.3 Å². The summed E-state index contributed by atoms with van der Waals surface area (Å²) in [5, 5.41) is 4.40. The minimum Gasteiger partial charge on any atom is -0.399 e. The first-order valence-electron chi connectivity index (χ1n) is 8.28. The van der Waals surface area contributed by atoms with Crippen molar-refractivity contribution >= 4 is 38.1 Å². The number of hydrogen-bond acceptors (Lipinski definition) is 5. The first-order valence-corrected chi connectivity index (χ1v) is 10.2. The van der Waals surface area contributed by atoms with Gasteiger partial charge in [0.15, 0.2) is 0 Å². The van der Waals surface area contributed by atoms with Gasteiger partial charge in [-0.3, -0.25) is 4.72 Å².